The molecule has 182 valence electrons. The van der Waals surface area contributed by atoms with Crippen molar-refractivity contribution in [3.63, 3.8) is 0 Å². The van der Waals surface area contributed by atoms with Crippen molar-refractivity contribution < 1.29 is 13.9 Å². The molecule has 4 rings (SSSR count). The minimum absolute atomic E-state index is 0.297. The van der Waals surface area contributed by atoms with E-state index in [0.717, 1.165) is 11.3 Å². The van der Waals surface area contributed by atoms with E-state index < -0.39 is 0 Å². The maximum atomic E-state index is 14.4. The molecule has 0 amide bonds. The third-order valence-electron chi connectivity index (χ3n) is 5.90. The molecule has 1 aliphatic heterocycles. The topological polar surface area (TPSA) is 123 Å². The summed E-state index contributed by atoms with van der Waals surface area (Å²) in [4.78, 5) is 6.08. The number of ether oxygens (including phenoxy) is 2. The molecule has 1 unspecified atom stereocenters. The monoisotopic (exact) mass is 476 g/mol. The third-order valence-corrected chi connectivity index (χ3v) is 5.90. The Labute approximate surface area is 203 Å². The first-order chi connectivity index (χ1) is 17.0. The molecule has 0 saturated carbocycles. The lowest BCUT2D eigenvalue weighted by Crippen LogP contribution is -2.44. The number of nitrogen functional groups attached to an aromatic ring is 1. The number of hydrogen-bond acceptors (Lipinski definition) is 8. The van der Waals surface area contributed by atoms with Gasteiger partial charge >= 0.3 is 0 Å². The van der Waals surface area contributed by atoms with Crippen molar-refractivity contribution in [1.29, 1.82) is 5.41 Å². The molecule has 2 heterocycles. The number of nitrogens with zero attached hydrogens (tertiary/aromatic N) is 2. The number of aromatic nitrogens is 1. The van der Waals surface area contributed by atoms with Crippen LogP contribution >= 0.6 is 0 Å². The molecule has 8 nitrogen and oxygen atoms in total. The number of rotatable bonds is 8. The van der Waals surface area contributed by atoms with Crippen LogP contribution in [0.1, 0.15) is 16.7 Å². The number of nitrogens with two attached hydrogens (primary N) is 2. The van der Waals surface area contributed by atoms with Crippen molar-refractivity contribution in [2.75, 3.05) is 37.9 Å². The van der Waals surface area contributed by atoms with E-state index in [4.69, 9.17) is 26.4 Å². The van der Waals surface area contributed by atoms with E-state index >= 15 is 0 Å². The zero-order valence-corrected chi connectivity index (χ0v) is 19.5. The van der Waals surface area contributed by atoms with E-state index in [0.29, 0.717) is 60.2 Å². The molecule has 0 radical (unpaired) electrons. The van der Waals surface area contributed by atoms with Gasteiger partial charge in [-0.05, 0) is 42.5 Å². The van der Waals surface area contributed by atoms with Gasteiger partial charge in [0.05, 0.1) is 25.1 Å². The van der Waals surface area contributed by atoms with Crippen molar-refractivity contribution in [3.8, 4) is 5.75 Å². The summed E-state index contributed by atoms with van der Waals surface area (Å²) in [6.45, 7) is 2.05. The molecule has 0 spiro atoms. The van der Waals surface area contributed by atoms with Gasteiger partial charge in [0, 0.05) is 66.3 Å². The normalized spacial score (nSPS) is 16.6. The Kier molecular flexibility index (Phi) is 7.59. The van der Waals surface area contributed by atoms with Gasteiger partial charge < -0.3 is 26.3 Å². The van der Waals surface area contributed by atoms with Gasteiger partial charge in [0.1, 0.15) is 17.7 Å². The van der Waals surface area contributed by atoms with E-state index in [1.54, 1.807) is 55.0 Å². The first kappa shape index (κ1) is 24.2. The number of anilines is 2. The van der Waals surface area contributed by atoms with Crippen LogP contribution in [0.5, 0.6) is 5.75 Å². The van der Waals surface area contributed by atoms with Crippen LogP contribution < -0.4 is 21.5 Å². The van der Waals surface area contributed by atoms with Crippen LogP contribution in [0.25, 0.3) is 0 Å². The van der Waals surface area contributed by atoms with Gasteiger partial charge in [-0.1, -0.05) is 6.07 Å². The molecular formula is C26H29FN6O2. The van der Waals surface area contributed by atoms with Gasteiger partial charge in [-0.2, -0.15) is 0 Å². The predicted octanol–water partition coefficient (Wildman–Crippen LogP) is 3.34. The molecule has 1 aromatic heterocycles. The smallest absolute Gasteiger partial charge is 0.131 e. The minimum Gasteiger partial charge on any atom is -0.496 e. The van der Waals surface area contributed by atoms with E-state index in [1.807, 2.05) is 6.07 Å². The molecule has 0 bridgehead atoms. The van der Waals surface area contributed by atoms with Gasteiger partial charge in [0.2, 0.25) is 0 Å². The number of hydrogen-bond donors (Lipinski definition) is 4. The summed E-state index contributed by atoms with van der Waals surface area (Å²) in [5, 5.41) is 11.7. The highest BCUT2D eigenvalue weighted by Crippen LogP contribution is 2.25. The molecule has 2 aromatic carbocycles. The second kappa shape index (κ2) is 11.0. The highest BCUT2D eigenvalue weighted by atomic mass is 19.1. The van der Waals surface area contributed by atoms with E-state index in [2.05, 4.69) is 15.2 Å². The molecule has 1 atom stereocenters. The molecule has 9 heteroatoms. The van der Waals surface area contributed by atoms with Crippen LogP contribution in [0.4, 0.5) is 15.8 Å². The standard InChI is InChI=1S/C26H29FN6O2/c1-34-24-4-2-3-21(27)20(24)15-33-11-12-35-25(16-33)23(29)14-32-18-5-6-22(28)19(13-18)26(30)17-7-9-31-10-8-17/h2-10,13-14,25,30,32H,11-12,15-16,28-29H2,1H3/b23-14-,30-26?. The lowest BCUT2D eigenvalue weighted by atomic mass is 10.0. The van der Waals surface area contributed by atoms with Crippen molar-refractivity contribution >= 4 is 17.1 Å². The summed E-state index contributed by atoms with van der Waals surface area (Å²) >= 11 is 0. The maximum Gasteiger partial charge on any atom is 0.131 e. The summed E-state index contributed by atoms with van der Waals surface area (Å²) in [6.07, 6.45) is 4.61. The van der Waals surface area contributed by atoms with E-state index in [1.165, 1.54) is 13.2 Å². The average molecular weight is 477 g/mol. The summed E-state index contributed by atoms with van der Waals surface area (Å²) in [7, 11) is 1.54. The molecular weight excluding hydrogens is 447 g/mol. The lowest BCUT2D eigenvalue weighted by Gasteiger charge is -2.33. The van der Waals surface area contributed by atoms with Gasteiger partial charge in [0.25, 0.3) is 0 Å². The van der Waals surface area contributed by atoms with Crippen LogP contribution in [-0.2, 0) is 11.3 Å². The van der Waals surface area contributed by atoms with Crippen molar-refractivity contribution in [2.45, 2.75) is 12.6 Å². The Balaban J connectivity index is 1.43. The fraction of sp³-hybridized carbons (Fsp3) is 0.231. The molecule has 35 heavy (non-hydrogen) atoms. The summed E-state index contributed by atoms with van der Waals surface area (Å²) in [5.74, 6) is 0.226. The Morgan fingerprint density at radius 3 is 2.86 bits per heavy atom. The number of benzene rings is 2. The SMILES string of the molecule is COc1cccc(F)c1CN1CCOC(/C(N)=C/Nc2ccc(N)c(C(=N)c3ccncc3)c2)C1. The van der Waals surface area contributed by atoms with Crippen LogP contribution in [0.2, 0.25) is 0 Å². The van der Waals surface area contributed by atoms with Crippen molar-refractivity contribution in [2.24, 2.45) is 5.73 Å². The zero-order valence-electron chi connectivity index (χ0n) is 19.5. The summed E-state index contributed by atoms with van der Waals surface area (Å²) < 4.78 is 25.6. The second-order valence-corrected chi connectivity index (χ2v) is 8.22. The molecule has 1 fully saturated rings. The average Bonchev–Trinajstić information content (AvgIpc) is 2.89. The highest BCUT2D eigenvalue weighted by Gasteiger charge is 2.24. The molecule has 1 aliphatic rings. The van der Waals surface area contributed by atoms with E-state index in [-0.39, 0.29) is 11.9 Å². The quantitative estimate of drug-likeness (QED) is 0.290. The maximum absolute atomic E-state index is 14.4. The largest absolute Gasteiger partial charge is 0.496 e. The third kappa shape index (κ3) is 5.76. The van der Waals surface area contributed by atoms with Crippen molar-refractivity contribution in [1.82, 2.24) is 9.88 Å². The highest BCUT2D eigenvalue weighted by molar-refractivity contribution is 6.14. The first-order valence-corrected chi connectivity index (χ1v) is 11.2. The number of methoxy groups -OCH3 is 1. The minimum atomic E-state index is -0.350. The predicted molar refractivity (Wildman–Crippen MR) is 135 cm³/mol. The Bertz CT molecular complexity index is 1220. The number of pyridine rings is 1. The zero-order chi connectivity index (χ0) is 24.8. The van der Waals surface area contributed by atoms with Crippen LogP contribution in [0.3, 0.4) is 0 Å². The fourth-order valence-corrected chi connectivity index (χ4v) is 3.95. The summed E-state index contributed by atoms with van der Waals surface area (Å²) in [5.41, 5.74) is 16.4. The Morgan fingerprint density at radius 1 is 1.29 bits per heavy atom. The number of nitrogens with one attached hydrogen (secondary N) is 2. The van der Waals surface area contributed by atoms with Gasteiger partial charge in [-0.25, -0.2) is 4.39 Å². The second-order valence-electron chi connectivity index (χ2n) is 8.22. The summed E-state index contributed by atoms with van der Waals surface area (Å²) in [6, 6.07) is 13.7. The Morgan fingerprint density at radius 2 is 2.09 bits per heavy atom. The molecule has 6 N–H and O–H groups in total. The van der Waals surface area contributed by atoms with Crippen molar-refractivity contribution in [3.05, 3.63) is 95.3 Å². The number of morpholine rings is 1. The van der Waals surface area contributed by atoms with Gasteiger partial charge in [-0.3, -0.25) is 15.3 Å². The first-order valence-electron chi connectivity index (χ1n) is 11.2. The fourth-order valence-electron chi connectivity index (χ4n) is 3.95. The van der Waals surface area contributed by atoms with Gasteiger partial charge in [0.15, 0.2) is 0 Å². The molecule has 3 aromatic rings. The van der Waals surface area contributed by atoms with Gasteiger partial charge in [-0.15, -0.1) is 0 Å². The lowest BCUT2D eigenvalue weighted by molar-refractivity contribution is -0.0135. The van der Waals surface area contributed by atoms with Crippen LogP contribution in [0.15, 0.2) is 72.8 Å². The van der Waals surface area contributed by atoms with Crippen LogP contribution in [0, 0.1) is 11.2 Å². The van der Waals surface area contributed by atoms with Crippen LogP contribution in [-0.4, -0.2) is 48.5 Å². The Hall–Kier alpha value is -3.95. The molecule has 1 saturated heterocycles. The van der Waals surface area contributed by atoms with E-state index in [9.17, 15) is 4.39 Å². The number of halogens is 1. The molecule has 0 aliphatic carbocycles.